The van der Waals surface area contributed by atoms with E-state index in [0.29, 0.717) is 0 Å². The first-order valence-corrected chi connectivity index (χ1v) is 6.05. The van der Waals surface area contributed by atoms with E-state index in [-0.39, 0.29) is 22.1 Å². The second-order valence-corrected chi connectivity index (χ2v) is 5.65. The SMILES string of the molecule is CC(=O)C(C)SSC(C)C(C)=O. The zero-order chi connectivity index (χ0) is 9.72. The Hall–Kier alpha value is 0.0400. The lowest BCUT2D eigenvalue weighted by Gasteiger charge is -2.09. The number of rotatable bonds is 5. The molecule has 0 aromatic carbocycles. The fraction of sp³-hybridized carbons (Fsp3) is 0.750. The highest BCUT2D eigenvalue weighted by atomic mass is 33.1. The number of carbonyl (C=O) groups is 2. The van der Waals surface area contributed by atoms with E-state index in [2.05, 4.69) is 0 Å². The number of Topliss-reactive ketones (excluding diaryl/α,β-unsaturated/α-hetero) is 2. The van der Waals surface area contributed by atoms with Crippen molar-refractivity contribution in [1.82, 2.24) is 0 Å². The molecule has 0 heterocycles. The highest BCUT2D eigenvalue weighted by Gasteiger charge is 2.13. The van der Waals surface area contributed by atoms with Crippen molar-refractivity contribution >= 4 is 33.2 Å². The normalized spacial score (nSPS) is 15.3. The molecule has 0 aliphatic rings. The second-order valence-electron chi connectivity index (χ2n) is 2.70. The molecule has 0 bridgehead atoms. The van der Waals surface area contributed by atoms with Gasteiger partial charge in [0.1, 0.15) is 11.6 Å². The first-order valence-electron chi connectivity index (χ1n) is 3.78. The molecule has 0 fully saturated rings. The Bertz CT molecular complexity index is 160. The molecule has 70 valence electrons. The third-order valence-electron chi connectivity index (χ3n) is 1.49. The lowest BCUT2D eigenvalue weighted by molar-refractivity contribution is -0.117. The average Bonchev–Trinajstić information content (AvgIpc) is 1.98. The van der Waals surface area contributed by atoms with Gasteiger partial charge in [-0.1, -0.05) is 21.6 Å². The van der Waals surface area contributed by atoms with Crippen LogP contribution in [0.5, 0.6) is 0 Å². The molecule has 12 heavy (non-hydrogen) atoms. The second kappa shape index (κ2) is 5.65. The van der Waals surface area contributed by atoms with Crippen LogP contribution in [0.25, 0.3) is 0 Å². The number of carbonyl (C=O) groups excluding carboxylic acids is 2. The quantitative estimate of drug-likeness (QED) is 0.647. The Morgan fingerprint density at radius 2 is 1.17 bits per heavy atom. The van der Waals surface area contributed by atoms with E-state index in [4.69, 9.17) is 0 Å². The summed E-state index contributed by atoms with van der Waals surface area (Å²) < 4.78 is 0. The Balaban J connectivity index is 3.68. The molecule has 0 saturated heterocycles. The fourth-order valence-corrected chi connectivity index (χ4v) is 2.72. The van der Waals surface area contributed by atoms with Gasteiger partial charge in [0.15, 0.2) is 0 Å². The monoisotopic (exact) mass is 206 g/mol. The molecule has 0 radical (unpaired) electrons. The first kappa shape index (κ1) is 12.0. The van der Waals surface area contributed by atoms with Crippen molar-refractivity contribution in [1.29, 1.82) is 0 Å². The van der Waals surface area contributed by atoms with Gasteiger partial charge in [-0.3, -0.25) is 9.59 Å². The molecule has 0 aliphatic carbocycles. The smallest absolute Gasteiger partial charge is 0.143 e. The summed E-state index contributed by atoms with van der Waals surface area (Å²) in [6, 6.07) is 0. The van der Waals surface area contributed by atoms with Gasteiger partial charge in [-0.05, 0) is 27.7 Å². The molecular weight excluding hydrogens is 192 g/mol. The summed E-state index contributed by atoms with van der Waals surface area (Å²) in [6.45, 7) is 6.84. The Kier molecular flexibility index (Phi) is 5.66. The van der Waals surface area contributed by atoms with Crippen molar-refractivity contribution in [2.24, 2.45) is 0 Å². The Morgan fingerprint density at radius 3 is 1.33 bits per heavy atom. The highest BCUT2D eigenvalue weighted by Crippen LogP contribution is 2.31. The van der Waals surface area contributed by atoms with Crippen molar-refractivity contribution in [3.05, 3.63) is 0 Å². The standard InChI is InChI=1S/C8H14O2S2/c1-5(9)7(3)11-12-8(4)6(2)10/h7-8H,1-4H3. The molecule has 0 spiro atoms. The Morgan fingerprint density at radius 1 is 0.917 bits per heavy atom. The summed E-state index contributed by atoms with van der Waals surface area (Å²) >= 11 is 0. The molecule has 0 amide bonds. The van der Waals surface area contributed by atoms with E-state index in [1.54, 1.807) is 13.8 Å². The molecule has 2 unspecified atom stereocenters. The van der Waals surface area contributed by atoms with Crippen LogP contribution in [0.4, 0.5) is 0 Å². The van der Waals surface area contributed by atoms with Crippen LogP contribution in [-0.4, -0.2) is 22.1 Å². The third kappa shape index (κ3) is 4.83. The summed E-state index contributed by atoms with van der Waals surface area (Å²) in [4.78, 5) is 21.6. The summed E-state index contributed by atoms with van der Waals surface area (Å²) in [5.74, 6) is 0.312. The maximum absolute atomic E-state index is 10.8. The molecule has 2 nitrogen and oxygen atoms in total. The molecule has 0 saturated carbocycles. The van der Waals surface area contributed by atoms with E-state index in [9.17, 15) is 9.59 Å². The van der Waals surface area contributed by atoms with Crippen LogP contribution < -0.4 is 0 Å². The fourth-order valence-electron chi connectivity index (χ4n) is 0.302. The predicted molar refractivity (Wildman–Crippen MR) is 55.5 cm³/mol. The summed E-state index contributed by atoms with van der Waals surface area (Å²) in [5, 5.41) is -0.0337. The summed E-state index contributed by atoms with van der Waals surface area (Å²) in [7, 11) is 2.93. The number of hydrogen-bond acceptors (Lipinski definition) is 4. The summed E-state index contributed by atoms with van der Waals surface area (Å²) in [6.07, 6.45) is 0. The van der Waals surface area contributed by atoms with Gasteiger partial charge in [0.25, 0.3) is 0 Å². The van der Waals surface area contributed by atoms with Gasteiger partial charge in [-0.15, -0.1) is 0 Å². The van der Waals surface area contributed by atoms with Gasteiger partial charge < -0.3 is 0 Å². The van der Waals surface area contributed by atoms with E-state index in [1.165, 1.54) is 21.6 Å². The number of hydrogen-bond donors (Lipinski definition) is 0. The maximum Gasteiger partial charge on any atom is 0.143 e. The van der Waals surface area contributed by atoms with Crippen LogP contribution >= 0.6 is 21.6 Å². The molecule has 0 aromatic rings. The minimum Gasteiger partial charge on any atom is -0.299 e. The zero-order valence-electron chi connectivity index (χ0n) is 7.79. The van der Waals surface area contributed by atoms with E-state index in [1.807, 2.05) is 13.8 Å². The van der Waals surface area contributed by atoms with Crippen molar-refractivity contribution in [2.45, 2.75) is 38.2 Å². The minimum atomic E-state index is -0.0169. The van der Waals surface area contributed by atoms with Gasteiger partial charge in [-0.25, -0.2) is 0 Å². The van der Waals surface area contributed by atoms with Crippen LogP contribution in [-0.2, 0) is 9.59 Å². The molecule has 2 atom stereocenters. The zero-order valence-corrected chi connectivity index (χ0v) is 9.42. The topological polar surface area (TPSA) is 34.1 Å². The minimum absolute atomic E-state index is 0.0169. The van der Waals surface area contributed by atoms with E-state index in [0.717, 1.165) is 0 Å². The van der Waals surface area contributed by atoms with Crippen LogP contribution in [0.2, 0.25) is 0 Å². The lowest BCUT2D eigenvalue weighted by Crippen LogP contribution is -2.11. The Labute approximate surface area is 81.3 Å². The van der Waals surface area contributed by atoms with Crippen molar-refractivity contribution in [2.75, 3.05) is 0 Å². The van der Waals surface area contributed by atoms with Crippen molar-refractivity contribution < 1.29 is 9.59 Å². The molecule has 4 heteroatoms. The summed E-state index contributed by atoms with van der Waals surface area (Å²) in [5.41, 5.74) is 0. The maximum atomic E-state index is 10.8. The van der Waals surface area contributed by atoms with Crippen molar-refractivity contribution in [3.63, 3.8) is 0 Å². The van der Waals surface area contributed by atoms with E-state index < -0.39 is 0 Å². The largest absolute Gasteiger partial charge is 0.299 e. The van der Waals surface area contributed by atoms with E-state index >= 15 is 0 Å². The predicted octanol–water partition coefficient (Wildman–Crippen LogP) is 2.32. The van der Waals surface area contributed by atoms with Gasteiger partial charge >= 0.3 is 0 Å². The van der Waals surface area contributed by atoms with Gasteiger partial charge in [0, 0.05) is 0 Å². The average molecular weight is 206 g/mol. The van der Waals surface area contributed by atoms with Crippen molar-refractivity contribution in [3.8, 4) is 0 Å². The first-order chi connectivity index (χ1) is 5.45. The van der Waals surface area contributed by atoms with Gasteiger partial charge in [0.2, 0.25) is 0 Å². The van der Waals surface area contributed by atoms with Gasteiger partial charge in [-0.2, -0.15) is 0 Å². The molecule has 0 aromatic heterocycles. The van der Waals surface area contributed by atoms with Gasteiger partial charge in [0.05, 0.1) is 10.5 Å². The molecule has 0 rings (SSSR count). The van der Waals surface area contributed by atoms with Crippen LogP contribution in [0, 0.1) is 0 Å². The molecular formula is C8H14O2S2. The van der Waals surface area contributed by atoms with Crippen LogP contribution in [0.3, 0.4) is 0 Å². The lowest BCUT2D eigenvalue weighted by atomic mass is 10.3. The van der Waals surface area contributed by atoms with Crippen LogP contribution in [0.15, 0.2) is 0 Å². The third-order valence-corrected chi connectivity index (χ3v) is 4.91. The number of ketones is 2. The highest BCUT2D eigenvalue weighted by molar-refractivity contribution is 8.77. The molecule has 0 aliphatic heterocycles. The van der Waals surface area contributed by atoms with Crippen LogP contribution in [0.1, 0.15) is 27.7 Å². The molecule has 0 N–H and O–H groups in total.